The van der Waals surface area contributed by atoms with Gasteiger partial charge in [0.2, 0.25) is 11.2 Å². The monoisotopic (exact) mass is 415 g/mol. The number of allylic oxidation sites excluding steroid dienone is 4. The summed E-state index contributed by atoms with van der Waals surface area (Å²) in [6, 6.07) is 16.0. The van der Waals surface area contributed by atoms with Gasteiger partial charge in [0.05, 0.1) is 16.5 Å². The van der Waals surface area contributed by atoms with Crippen LogP contribution in [-0.4, -0.2) is 4.98 Å². The fourth-order valence-electron chi connectivity index (χ4n) is 6.99. The zero-order valence-electron chi connectivity index (χ0n) is 19.4. The highest BCUT2D eigenvalue weighted by atomic mass is 15.1. The second-order valence-electron chi connectivity index (χ2n) is 10.6. The second-order valence-corrected chi connectivity index (χ2v) is 10.6. The van der Waals surface area contributed by atoms with Gasteiger partial charge in [0, 0.05) is 29.2 Å². The Morgan fingerprint density at radius 2 is 1.78 bits per heavy atom. The van der Waals surface area contributed by atoms with E-state index in [2.05, 4.69) is 100.0 Å². The summed E-state index contributed by atoms with van der Waals surface area (Å²) in [6.45, 7) is 11.5. The average Bonchev–Trinajstić information content (AvgIpc) is 2.98. The maximum absolute atomic E-state index is 4.97. The van der Waals surface area contributed by atoms with Crippen LogP contribution in [0.4, 0.5) is 0 Å². The Kier molecular flexibility index (Phi) is 3.18. The fraction of sp³-hybridized carbons (Fsp3) is 0.267. The molecule has 2 aromatic heterocycles. The summed E-state index contributed by atoms with van der Waals surface area (Å²) in [5, 5.41) is 4.05. The number of pyridine rings is 2. The van der Waals surface area contributed by atoms with Crippen molar-refractivity contribution in [2.75, 3.05) is 0 Å². The molecule has 3 heterocycles. The number of aryl methyl sites for hydroxylation is 1. The molecular formula is C30H27N2+. The number of fused-ring (bicyclic) bond motifs is 4. The molecule has 0 N–H and O–H groups in total. The Morgan fingerprint density at radius 1 is 0.969 bits per heavy atom. The maximum atomic E-state index is 4.97. The molecule has 1 spiro atoms. The number of benzene rings is 2. The standard InChI is InChI=1S/C30H27N2/c1-17-12-18(2)16-30(15-17)23-14-20-8-6-7-9-21(20)27-26(23)28-25-22(29(27,4)5)13-19(3)31-24(25)10-11-32(28)30/h6-15H,16H2,1-5H3/q+1. The van der Waals surface area contributed by atoms with E-state index in [-0.39, 0.29) is 11.0 Å². The van der Waals surface area contributed by atoms with Crippen LogP contribution in [0, 0.1) is 6.92 Å². The van der Waals surface area contributed by atoms with Crippen LogP contribution in [0.25, 0.3) is 32.9 Å². The van der Waals surface area contributed by atoms with Crippen molar-refractivity contribution >= 4 is 21.7 Å². The molecule has 2 heteroatoms. The van der Waals surface area contributed by atoms with Crippen LogP contribution < -0.4 is 4.57 Å². The van der Waals surface area contributed by atoms with Gasteiger partial charge in [0.1, 0.15) is 0 Å². The number of rotatable bonds is 0. The number of nitrogens with zero attached hydrogens (tertiary/aromatic N) is 2. The highest BCUT2D eigenvalue weighted by molar-refractivity contribution is 6.06. The molecule has 0 radical (unpaired) electrons. The first-order valence-corrected chi connectivity index (χ1v) is 11.6. The quantitative estimate of drug-likeness (QED) is 0.294. The van der Waals surface area contributed by atoms with Crippen LogP contribution in [0.15, 0.2) is 72.0 Å². The van der Waals surface area contributed by atoms with Gasteiger partial charge in [0.15, 0.2) is 6.20 Å². The lowest BCUT2D eigenvalue weighted by atomic mass is 9.67. The predicted octanol–water partition coefficient (Wildman–Crippen LogP) is 6.64. The lowest BCUT2D eigenvalue weighted by Crippen LogP contribution is -2.54. The minimum atomic E-state index is -0.177. The van der Waals surface area contributed by atoms with Gasteiger partial charge in [-0.25, -0.2) is 0 Å². The van der Waals surface area contributed by atoms with Crippen molar-refractivity contribution in [3.8, 4) is 11.3 Å². The van der Waals surface area contributed by atoms with Gasteiger partial charge in [-0.05, 0) is 66.5 Å². The highest BCUT2D eigenvalue weighted by Crippen LogP contribution is 2.57. The van der Waals surface area contributed by atoms with Gasteiger partial charge in [-0.1, -0.05) is 49.8 Å². The van der Waals surface area contributed by atoms with Gasteiger partial charge in [-0.15, -0.1) is 0 Å². The molecule has 0 saturated heterocycles. The highest BCUT2D eigenvalue weighted by Gasteiger charge is 2.56. The van der Waals surface area contributed by atoms with Crippen LogP contribution in [0.5, 0.6) is 0 Å². The number of hydrogen-bond acceptors (Lipinski definition) is 1. The van der Waals surface area contributed by atoms with Crippen molar-refractivity contribution in [3.63, 3.8) is 0 Å². The van der Waals surface area contributed by atoms with Crippen molar-refractivity contribution in [3.05, 3.63) is 94.3 Å². The Bertz CT molecular complexity index is 1600. The van der Waals surface area contributed by atoms with Crippen molar-refractivity contribution in [1.29, 1.82) is 0 Å². The zero-order valence-corrected chi connectivity index (χ0v) is 19.4. The third kappa shape index (κ3) is 1.97. The van der Waals surface area contributed by atoms with Gasteiger partial charge in [-0.3, -0.25) is 4.98 Å². The normalized spacial score (nSPS) is 21.9. The Balaban J connectivity index is 1.79. The van der Waals surface area contributed by atoms with E-state index in [1.807, 2.05) is 0 Å². The Labute approximate surface area is 188 Å². The maximum Gasteiger partial charge on any atom is 0.224 e. The van der Waals surface area contributed by atoms with Gasteiger partial charge in [-0.2, -0.15) is 4.57 Å². The van der Waals surface area contributed by atoms with Gasteiger partial charge < -0.3 is 0 Å². The van der Waals surface area contributed by atoms with Crippen molar-refractivity contribution in [2.24, 2.45) is 0 Å². The van der Waals surface area contributed by atoms with Crippen LogP contribution in [0.3, 0.4) is 0 Å². The molecular weight excluding hydrogens is 388 g/mol. The van der Waals surface area contributed by atoms with E-state index >= 15 is 0 Å². The lowest BCUT2D eigenvalue weighted by Gasteiger charge is -2.33. The SMILES string of the molecule is CC1=CC2(CC(C)=C1)c1cc3ccccc3c3c1-c1c4c(cc(C)nc4cc[n+]12)C3(C)C. The van der Waals surface area contributed by atoms with Crippen molar-refractivity contribution in [1.82, 2.24) is 4.98 Å². The summed E-state index contributed by atoms with van der Waals surface area (Å²) in [5.74, 6) is 0. The van der Waals surface area contributed by atoms with Crippen molar-refractivity contribution in [2.45, 2.75) is 52.0 Å². The van der Waals surface area contributed by atoms with Crippen LogP contribution >= 0.6 is 0 Å². The zero-order chi connectivity index (χ0) is 22.0. The molecule has 7 rings (SSSR count). The molecule has 1 unspecified atom stereocenters. The Morgan fingerprint density at radius 3 is 2.59 bits per heavy atom. The minimum Gasteiger partial charge on any atom is -0.253 e. The molecule has 2 nitrogen and oxygen atoms in total. The van der Waals surface area contributed by atoms with Gasteiger partial charge in [0.25, 0.3) is 0 Å². The molecule has 32 heavy (non-hydrogen) atoms. The number of aromatic nitrogens is 2. The summed E-state index contributed by atoms with van der Waals surface area (Å²) in [4.78, 5) is 4.97. The first kappa shape index (κ1) is 18.3. The second kappa shape index (κ2) is 5.56. The van der Waals surface area contributed by atoms with E-state index in [1.165, 1.54) is 55.3 Å². The summed E-state index contributed by atoms with van der Waals surface area (Å²) < 4.78 is 2.57. The largest absolute Gasteiger partial charge is 0.253 e. The van der Waals surface area contributed by atoms with Gasteiger partial charge >= 0.3 is 0 Å². The van der Waals surface area contributed by atoms with E-state index in [4.69, 9.17) is 4.98 Å². The number of hydrogen-bond donors (Lipinski definition) is 0. The molecule has 0 bridgehead atoms. The molecule has 2 aromatic carbocycles. The van der Waals surface area contributed by atoms with Crippen LogP contribution in [0.2, 0.25) is 0 Å². The third-order valence-electron chi connectivity index (χ3n) is 8.00. The molecule has 2 aliphatic carbocycles. The van der Waals surface area contributed by atoms with Crippen LogP contribution in [0.1, 0.15) is 56.5 Å². The average molecular weight is 416 g/mol. The third-order valence-corrected chi connectivity index (χ3v) is 8.00. The molecule has 1 aliphatic heterocycles. The van der Waals surface area contributed by atoms with E-state index < -0.39 is 0 Å². The molecule has 0 amide bonds. The molecule has 4 aromatic rings. The molecule has 3 aliphatic rings. The predicted molar refractivity (Wildman–Crippen MR) is 131 cm³/mol. The topological polar surface area (TPSA) is 16.8 Å². The van der Waals surface area contributed by atoms with E-state index in [1.54, 1.807) is 0 Å². The molecule has 1 atom stereocenters. The summed E-state index contributed by atoms with van der Waals surface area (Å²) in [5.41, 5.74) is 11.8. The van der Waals surface area contributed by atoms with E-state index in [9.17, 15) is 0 Å². The van der Waals surface area contributed by atoms with E-state index in [0.29, 0.717) is 0 Å². The van der Waals surface area contributed by atoms with Crippen LogP contribution in [-0.2, 0) is 11.0 Å². The van der Waals surface area contributed by atoms with Crippen molar-refractivity contribution < 1.29 is 4.57 Å². The molecule has 0 saturated carbocycles. The van der Waals surface area contributed by atoms with E-state index in [0.717, 1.165) is 17.6 Å². The summed E-state index contributed by atoms with van der Waals surface area (Å²) in [7, 11) is 0. The Hall–Kier alpha value is -3.26. The summed E-state index contributed by atoms with van der Waals surface area (Å²) >= 11 is 0. The molecule has 156 valence electrons. The fourth-order valence-corrected chi connectivity index (χ4v) is 6.99. The first-order valence-electron chi connectivity index (χ1n) is 11.6. The smallest absolute Gasteiger partial charge is 0.224 e. The summed E-state index contributed by atoms with van der Waals surface area (Å²) in [6.07, 6.45) is 8.14. The minimum absolute atomic E-state index is 0.104. The molecule has 0 fully saturated rings. The lowest BCUT2D eigenvalue weighted by molar-refractivity contribution is -0.725. The first-order chi connectivity index (χ1) is 15.3.